The van der Waals surface area contributed by atoms with E-state index in [1.54, 1.807) is 10.9 Å². The van der Waals surface area contributed by atoms with Crippen molar-refractivity contribution in [1.29, 1.82) is 0 Å². The molecule has 0 amide bonds. The van der Waals surface area contributed by atoms with Crippen LogP contribution in [0.2, 0.25) is 0 Å². The summed E-state index contributed by atoms with van der Waals surface area (Å²) in [5.74, 6) is 0. The normalized spacial score (nSPS) is 26.9. The minimum absolute atomic E-state index is 0.0345. The summed E-state index contributed by atoms with van der Waals surface area (Å²) in [5, 5.41) is 4.03. The van der Waals surface area contributed by atoms with Gasteiger partial charge in [-0.25, -0.2) is 13.1 Å². The fraction of sp³-hybridized carbons (Fsp3) is 0.769. The highest BCUT2D eigenvalue weighted by Gasteiger charge is 2.33. The van der Waals surface area contributed by atoms with Crippen LogP contribution >= 0.6 is 0 Å². The highest BCUT2D eigenvalue weighted by Crippen LogP contribution is 2.27. The number of hydrogen-bond acceptors (Lipinski definition) is 5. The Morgan fingerprint density at radius 3 is 3.05 bits per heavy atom. The molecule has 0 aromatic carbocycles. The Bertz CT molecular complexity index is 585. The summed E-state index contributed by atoms with van der Waals surface area (Å²) in [5.41, 5.74) is 5.45. The quantitative estimate of drug-likeness (QED) is 0.782. The van der Waals surface area contributed by atoms with Crippen LogP contribution in [-0.2, 0) is 16.6 Å². The number of hydrogen-bond donors (Lipinski definition) is 2. The van der Waals surface area contributed by atoms with Crippen LogP contribution in [0.1, 0.15) is 25.7 Å². The van der Waals surface area contributed by atoms with Gasteiger partial charge in [0.15, 0.2) is 0 Å². The number of nitrogens with two attached hydrogens (primary N) is 1. The van der Waals surface area contributed by atoms with Crippen molar-refractivity contribution in [3.05, 3.63) is 12.4 Å². The van der Waals surface area contributed by atoms with Crippen LogP contribution in [0.4, 0.5) is 0 Å². The molecule has 1 aromatic rings. The molecule has 2 aliphatic rings. The molecule has 2 atom stereocenters. The molecule has 3 N–H and O–H groups in total. The molecule has 2 unspecified atom stereocenters. The van der Waals surface area contributed by atoms with E-state index in [1.165, 1.54) is 19.0 Å². The number of nitrogens with zero attached hydrogens (tertiary/aromatic N) is 3. The molecule has 0 radical (unpaired) electrons. The number of fused-ring (bicyclic) bond motifs is 1. The van der Waals surface area contributed by atoms with E-state index in [1.807, 2.05) is 0 Å². The van der Waals surface area contributed by atoms with Gasteiger partial charge in [-0.15, -0.1) is 0 Å². The van der Waals surface area contributed by atoms with Gasteiger partial charge in [0, 0.05) is 24.8 Å². The molecule has 0 aliphatic carbocycles. The molecule has 3 rings (SSSR count). The lowest BCUT2D eigenvalue weighted by atomic mass is 9.99. The zero-order valence-electron chi connectivity index (χ0n) is 12.1. The number of nitrogens with one attached hydrogen (secondary N) is 1. The molecular weight excluding hydrogens is 290 g/mol. The standard InChI is InChI=1S/C13H23N5O2S/c14-4-7-18-10-13(9-15-18)21(19,20)16-11-3-6-17-5-1-2-12(17)8-11/h9-12,16H,1-8,14H2. The molecule has 2 fully saturated rings. The van der Waals surface area contributed by atoms with Crippen LogP contribution in [0, 0.1) is 0 Å². The van der Waals surface area contributed by atoms with Crippen LogP contribution in [0.15, 0.2) is 17.3 Å². The van der Waals surface area contributed by atoms with Gasteiger partial charge in [-0.05, 0) is 38.8 Å². The second-order valence-corrected chi connectivity index (χ2v) is 7.62. The lowest BCUT2D eigenvalue weighted by Gasteiger charge is -2.34. The molecule has 2 saturated heterocycles. The van der Waals surface area contributed by atoms with Gasteiger partial charge in [0.2, 0.25) is 10.0 Å². The molecule has 1 aromatic heterocycles. The number of aromatic nitrogens is 2. The lowest BCUT2D eigenvalue weighted by molar-refractivity contribution is 0.176. The summed E-state index contributed by atoms with van der Waals surface area (Å²) in [4.78, 5) is 2.70. The van der Waals surface area contributed by atoms with Gasteiger partial charge in [-0.2, -0.15) is 5.10 Å². The predicted octanol–water partition coefficient (Wildman–Crippen LogP) is -0.253. The maximum absolute atomic E-state index is 12.4. The minimum Gasteiger partial charge on any atom is -0.329 e. The zero-order valence-corrected chi connectivity index (χ0v) is 12.9. The third kappa shape index (κ3) is 3.28. The van der Waals surface area contributed by atoms with Crippen molar-refractivity contribution >= 4 is 10.0 Å². The summed E-state index contributed by atoms with van der Waals surface area (Å²) in [7, 11) is -3.48. The summed E-state index contributed by atoms with van der Waals surface area (Å²) in [6, 6.07) is 0.582. The Hall–Kier alpha value is -0.960. The van der Waals surface area contributed by atoms with Crippen LogP contribution in [0.5, 0.6) is 0 Å². The van der Waals surface area contributed by atoms with E-state index in [9.17, 15) is 8.42 Å². The van der Waals surface area contributed by atoms with Gasteiger partial charge in [0.1, 0.15) is 4.90 Å². The van der Waals surface area contributed by atoms with Gasteiger partial charge >= 0.3 is 0 Å². The number of sulfonamides is 1. The Labute approximate surface area is 125 Å². The lowest BCUT2D eigenvalue weighted by Crippen LogP contribution is -2.47. The number of piperidine rings is 1. The summed E-state index contributed by atoms with van der Waals surface area (Å²) >= 11 is 0. The second kappa shape index (κ2) is 6.04. The molecule has 0 bridgehead atoms. The first-order valence-corrected chi connectivity index (χ1v) is 9.06. The zero-order chi connectivity index (χ0) is 14.9. The maximum atomic E-state index is 12.4. The molecule has 8 heteroatoms. The van der Waals surface area contributed by atoms with E-state index in [2.05, 4.69) is 14.7 Å². The smallest absolute Gasteiger partial charge is 0.243 e. The monoisotopic (exact) mass is 313 g/mol. The highest BCUT2D eigenvalue weighted by atomic mass is 32.2. The van der Waals surface area contributed by atoms with Gasteiger partial charge in [0.05, 0.1) is 12.7 Å². The summed E-state index contributed by atoms with van der Waals surface area (Å²) in [6.45, 7) is 3.12. The van der Waals surface area contributed by atoms with Crippen LogP contribution in [0.25, 0.3) is 0 Å². The van der Waals surface area contributed by atoms with E-state index in [0.29, 0.717) is 19.1 Å². The van der Waals surface area contributed by atoms with Crippen LogP contribution in [-0.4, -0.2) is 54.8 Å². The Morgan fingerprint density at radius 1 is 1.38 bits per heavy atom. The average molecular weight is 313 g/mol. The Morgan fingerprint density at radius 2 is 2.24 bits per heavy atom. The topological polar surface area (TPSA) is 93.2 Å². The fourth-order valence-corrected chi connectivity index (χ4v) is 4.59. The number of rotatable bonds is 5. The third-order valence-corrected chi connectivity index (χ3v) is 5.90. The van der Waals surface area contributed by atoms with Crippen molar-refractivity contribution in [2.24, 2.45) is 5.73 Å². The van der Waals surface area contributed by atoms with Gasteiger partial charge in [-0.3, -0.25) is 4.68 Å². The average Bonchev–Trinajstić information content (AvgIpc) is 3.07. The largest absolute Gasteiger partial charge is 0.329 e. The first kappa shape index (κ1) is 15.0. The summed E-state index contributed by atoms with van der Waals surface area (Å²) in [6.07, 6.45) is 7.15. The predicted molar refractivity (Wildman–Crippen MR) is 79.2 cm³/mol. The second-order valence-electron chi connectivity index (χ2n) is 5.90. The molecule has 2 aliphatic heterocycles. The van der Waals surface area contributed by atoms with Gasteiger partial charge in [0.25, 0.3) is 0 Å². The molecular formula is C13H23N5O2S. The Kier molecular flexibility index (Phi) is 4.30. The van der Waals surface area contributed by atoms with Crippen molar-refractivity contribution in [1.82, 2.24) is 19.4 Å². The van der Waals surface area contributed by atoms with Crippen molar-refractivity contribution < 1.29 is 8.42 Å². The minimum atomic E-state index is -3.48. The van der Waals surface area contributed by atoms with Crippen molar-refractivity contribution in [2.45, 2.75) is 49.2 Å². The molecule has 21 heavy (non-hydrogen) atoms. The first-order chi connectivity index (χ1) is 10.1. The SMILES string of the molecule is NCCn1cc(S(=O)(=O)NC2CCN3CCCC3C2)cn1. The van der Waals surface area contributed by atoms with Crippen molar-refractivity contribution in [2.75, 3.05) is 19.6 Å². The summed E-state index contributed by atoms with van der Waals surface area (Å²) < 4.78 is 29.2. The van der Waals surface area contributed by atoms with E-state index < -0.39 is 10.0 Å². The maximum Gasteiger partial charge on any atom is 0.243 e. The molecule has 7 nitrogen and oxygen atoms in total. The van der Waals surface area contributed by atoms with Gasteiger partial charge in [-0.1, -0.05) is 0 Å². The highest BCUT2D eigenvalue weighted by molar-refractivity contribution is 7.89. The van der Waals surface area contributed by atoms with E-state index in [4.69, 9.17) is 5.73 Å². The van der Waals surface area contributed by atoms with Crippen LogP contribution in [0.3, 0.4) is 0 Å². The van der Waals surface area contributed by atoms with Crippen LogP contribution < -0.4 is 10.5 Å². The molecule has 0 saturated carbocycles. The van der Waals surface area contributed by atoms with Crippen molar-refractivity contribution in [3.63, 3.8) is 0 Å². The molecule has 118 valence electrons. The van der Waals surface area contributed by atoms with Gasteiger partial charge < -0.3 is 10.6 Å². The van der Waals surface area contributed by atoms with E-state index in [-0.39, 0.29) is 10.9 Å². The van der Waals surface area contributed by atoms with E-state index in [0.717, 1.165) is 25.9 Å². The molecule has 3 heterocycles. The molecule has 0 spiro atoms. The fourth-order valence-electron chi connectivity index (χ4n) is 3.36. The Balaban J connectivity index is 1.65. The van der Waals surface area contributed by atoms with E-state index >= 15 is 0 Å². The third-order valence-electron chi connectivity index (χ3n) is 4.42. The first-order valence-electron chi connectivity index (χ1n) is 7.57. The van der Waals surface area contributed by atoms with Crippen molar-refractivity contribution in [3.8, 4) is 0 Å².